The Labute approximate surface area is 124 Å². The van der Waals surface area contributed by atoms with Gasteiger partial charge < -0.3 is 15.0 Å². The van der Waals surface area contributed by atoms with Crippen LogP contribution in [-0.4, -0.2) is 18.0 Å². The van der Waals surface area contributed by atoms with Gasteiger partial charge in [0.1, 0.15) is 5.75 Å². The first-order valence-corrected chi connectivity index (χ1v) is 7.33. The van der Waals surface area contributed by atoms with Crippen molar-refractivity contribution in [3.8, 4) is 5.75 Å². The van der Waals surface area contributed by atoms with Gasteiger partial charge in [0.05, 0.1) is 13.7 Å². The van der Waals surface area contributed by atoms with Crippen molar-refractivity contribution >= 4 is 16.8 Å². The van der Waals surface area contributed by atoms with Crippen LogP contribution in [0.25, 0.3) is 10.9 Å². The van der Waals surface area contributed by atoms with Gasteiger partial charge in [-0.2, -0.15) is 0 Å². The molecule has 0 aliphatic heterocycles. The van der Waals surface area contributed by atoms with E-state index in [1.54, 1.807) is 7.11 Å². The third kappa shape index (κ3) is 3.27. The van der Waals surface area contributed by atoms with Gasteiger partial charge in [0, 0.05) is 23.0 Å². The molecule has 4 heteroatoms. The Hall–Kier alpha value is -2.23. The molecule has 21 heavy (non-hydrogen) atoms. The number of allylic oxidation sites excluding steroid dienone is 2. The highest BCUT2D eigenvalue weighted by molar-refractivity contribution is 5.82. The van der Waals surface area contributed by atoms with E-state index < -0.39 is 0 Å². The number of carbonyl (C=O) groups is 1. The lowest BCUT2D eigenvalue weighted by atomic mass is 10.1. The standard InChI is InChI=1S/C17H20N2O2/c1-21-15-6-7-16-13(10-15)9-14(19-16)11-18-17(20)8-12-4-2-3-5-12/h2,4,6-7,9-10,12,19H,3,5,8,11H2,1H3,(H,18,20)/t12-/m1/s1. The van der Waals surface area contributed by atoms with Crippen molar-refractivity contribution in [2.45, 2.75) is 25.8 Å². The second-order valence-corrected chi connectivity index (χ2v) is 5.49. The zero-order valence-corrected chi connectivity index (χ0v) is 12.2. The third-order valence-corrected chi connectivity index (χ3v) is 3.92. The Morgan fingerprint density at radius 2 is 2.33 bits per heavy atom. The SMILES string of the molecule is COc1ccc2[nH]c(CNC(=O)C[C@@H]3C=CCC3)cc2c1. The lowest BCUT2D eigenvalue weighted by molar-refractivity contribution is -0.121. The number of fused-ring (bicyclic) bond motifs is 1. The van der Waals surface area contributed by atoms with Crippen molar-refractivity contribution in [1.82, 2.24) is 10.3 Å². The summed E-state index contributed by atoms with van der Waals surface area (Å²) in [5, 5.41) is 4.07. The van der Waals surface area contributed by atoms with Crippen LogP contribution in [-0.2, 0) is 11.3 Å². The summed E-state index contributed by atoms with van der Waals surface area (Å²) >= 11 is 0. The predicted octanol–water partition coefficient (Wildman–Crippen LogP) is 3.15. The molecule has 2 N–H and O–H groups in total. The van der Waals surface area contributed by atoms with Gasteiger partial charge in [-0.05, 0) is 43.0 Å². The number of H-pyrrole nitrogens is 1. The predicted molar refractivity (Wildman–Crippen MR) is 83.2 cm³/mol. The van der Waals surface area contributed by atoms with Crippen LogP contribution in [0.3, 0.4) is 0 Å². The molecule has 0 radical (unpaired) electrons. The highest BCUT2D eigenvalue weighted by Crippen LogP contribution is 2.22. The molecule has 0 fully saturated rings. The summed E-state index contributed by atoms with van der Waals surface area (Å²) < 4.78 is 5.21. The fourth-order valence-corrected chi connectivity index (χ4v) is 2.76. The van der Waals surface area contributed by atoms with Crippen LogP contribution < -0.4 is 10.1 Å². The second-order valence-electron chi connectivity index (χ2n) is 5.49. The maximum absolute atomic E-state index is 11.9. The number of benzene rings is 1. The van der Waals surface area contributed by atoms with Crippen molar-refractivity contribution in [1.29, 1.82) is 0 Å². The Balaban J connectivity index is 1.59. The minimum absolute atomic E-state index is 0.114. The Bertz CT molecular complexity index is 672. The number of amides is 1. The van der Waals surface area contributed by atoms with E-state index in [9.17, 15) is 4.79 Å². The highest BCUT2D eigenvalue weighted by Gasteiger charge is 2.13. The molecule has 1 aliphatic rings. The first-order valence-electron chi connectivity index (χ1n) is 7.33. The van der Waals surface area contributed by atoms with Gasteiger partial charge in [0.25, 0.3) is 0 Å². The summed E-state index contributed by atoms with van der Waals surface area (Å²) in [5.41, 5.74) is 2.06. The molecule has 1 aromatic carbocycles. The summed E-state index contributed by atoms with van der Waals surface area (Å²) in [6.45, 7) is 0.534. The summed E-state index contributed by atoms with van der Waals surface area (Å²) in [6.07, 6.45) is 7.09. The molecule has 0 saturated carbocycles. The Morgan fingerprint density at radius 3 is 3.10 bits per heavy atom. The van der Waals surface area contributed by atoms with E-state index in [1.807, 2.05) is 24.3 Å². The van der Waals surface area contributed by atoms with E-state index in [1.165, 1.54) is 0 Å². The smallest absolute Gasteiger partial charge is 0.220 e. The summed E-state index contributed by atoms with van der Waals surface area (Å²) in [4.78, 5) is 15.2. The molecule has 4 nitrogen and oxygen atoms in total. The molecule has 1 aliphatic carbocycles. The molecule has 1 heterocycles. The van der Waals surface area contributed by atoms with Crippen LogP contribution in [0.4, 0.5) is 0 Å². The van der Waals surface area contributed by atoms with Crippen molar-refractivity contribution in [2.24, 2.45) is 5.92 Å². The van der Waals surface area contributed by atoms with Crippen LogP contribution in [0.15, 0.2) is 36.4 Å². The quantitative estimate of drug-likeness (QED) is 0.829. The normalized spacial score (nSPS) is 17.3. The van der Waals surface area contributed by atoms with Gasteiger partial charge in [-0.3, -0.25) is 4.79 Å². The van der Waals surface area contributed by atoms with E-state index in [4.69, 9.17) is 4.74 Å². The van der Waals surface area contributed by atoms with Gasteiger partial charge in [-0.25, -0.2) is 0 Å². The minimum Gasteiger partial charge on any atom is -0.497 e. The van der Waals surface area contributed by atoms with Gasteiger partial charge in [0.15, 0.2) is 0 Å². The van der Waals surface area contributed by atoms with Crippen LogP contribution >= 0.6 is 0 Å². The number of methoxy groups -OCH3 is 1. The second kappa shape index (κ2) is 6.04. The number of aromatic amines is 1. The lowest BCUT2D eigenvalue weighted by Gasteiger charge is -2.07. The van der Waals surface area contributed by atoms with Gasteiger partial charge in [-0.1, -0.05) is 12.2 Å². The molecule has 0 unspecified atom stereocenters. The molecule has 0 bridgehead atoms. The molecular weight excluding hydrogens is 264 g/mol. The summed E-state index contributed by atoms with van der Waals surface area (Å²) in [6, 6.07) is 7.95. The van der Waals surface area contributed by atoms with E-state index in [2.05, 4.69) is 22.5 Å². The van der Waals surface area contributed by atoms with Crippen molar-refractivity contribution in [3.63, 3.8) is 0 Å². The maximum atomic E-state index is 11.9. The van der Waals surface area contributed by atoms with E-state index in [0.717, 1.165) is 35.2 Å². The number of hydrogen-bond acceptors (Lipinski definition) is 2. The maximum Gasteiger partial charge on any atom is 0.220 e. The molecular formula is C17H20N2O2. The first kappa shape index (κ1) is 13.7. The topological polar surface area (TPSA) is 54.1 Å². The Morgan fingerprint density at radius 1 is 1.43 bits per heavy atom. The fourth-order valence-electron chi connectivity index (χ4n) is 2.76. The molecule has 1 atom stereocenters. The molecule has 2 aromatic rings. The zero-order chi connectivity index (χ0) is 14.7. The monoisotopic (exact) mass is 284 g/mol. The number of rotatable bonds is 5. The summed E-state index contributed by atoms with van der Waals surface area (Å²) in [5.74, 6) is 1.37. The van der Waals surface area contributed by atoms with E-state index in [-0.39, 0.29) is 5.91 Å². The molecule has 0 saturated heterocycles. The average Bonchev–Trinajstić information content (AvgIpc) is 3.12. The Kier molecular flexibility index (Phi) is 3.95. The lowest BCUT2D eigenvalue weighted by Crippen LogP contribution is -2.24. The van der Waals surface area contributed by atoms with Crippen LogP contribution in [0, 0.1) is 5.92 Å². The van der Waals surface area contributed by atoms with E-state index >= 15 is 0 Å². The first-order chi connectivity index (χ1) is 10.2. The number of carbonyl (C=O) groups excluding carboxylic acids is 1. The number of nitrogens with one attached hydrogen (secondary N) is 2. The van der Waals surface area contributed by atoms with Crippen LogP contribution in [0.1, 0.15) is 25.0 Å². The number of aromatic nitrogens is 1. The van der Waals surface area contributed by atoms with Crippen molar-refractivity contribution in [2.75, 3.05) is 7.11 Å². The molecule has 3 rings (SSSR count). The molecule has 110 valence electrons. The van der Waals surface area contributed by atoms with E-state index in [0.29, 0.717) is 18.9 Å². The van der Waals surface area contributed by atoms with Gasteiger partial charge >= 0.3 is 0 Å². The number of hydrogen-bond donors (Lipinski definition) is 2. The van der Waals surface area contributed by atoms with Gasteiger partial charge in [-0.15, -0.1) is 0 Å². The minimum atomic E-state index is 0.114. The van der Waals surface area contributed by atoms with Crippen molar-refractivity contribution < 1.29 is 9.53 Å². The molecule has 1 aromatic heterocycles. The highest BCUT2D eigenvalue weighted by atomic mass is 16.5. The average molecular weight is 284 g/mol. The fraction of sp³-hybridized carbons (Fsp3) is 0.353. The third-order valence-electron chi connectivity index (χ3n) is 3.92. The van der Waals surface area contributed by atoms with Crippen LogP contribution in [0.2, 0.25) is 0 Å². The van der Waals surface area contributed by atoms with Gasteiger partial charge in [0.2, 0.25) is 5.91 Å². The van der Waals surface area contributed by atoms with Crippen LogP contribution in [0.5, 0.6) is 5.75 Å². The summed E-state index contributed by atoms with van der Waals surface area (Å²) in [7, 11) is 1.66. The molecule has 0 spiro atoms. The number of ether oxygens (including phenoxy) is 1. The largest absolute Gasteiger partial charge is 0.497 e. The molecule has 1 amide bonds. The van der Waals surface area contributed by atoms with Crippen molar-refractivity contribution in [3.05, 3.63) is 42.1 Å². The zero-order valence-electron chi connectivity index (χ0n) is 12.2.